The van der Waals surface area contributed by atoms with Crippen molar-refractivity contribution in [1.29, 1.82) is 0 Å². The molecular formula is C10H15N3O3. The number of imidazole rings is 1. The molecule has 0 aromatic carbocycles. The zero-order valence-corrected chi connectivity index (χ0v) is 9.38. The van der Waals surface area contributed by atoms with Crippen molar-refractivity contribution in [1.82, 2.24) is 14.5 Å². The third kappa shape index (κ3) is 2.82. The van der Waals surface area contributed by atoms with E-state index in [1.165, 1.54) is 17.4 Å². The van der Waals surface area contributed by atoms with Crippen molar-refractivity contribution in [2.45, 2.75) is 13.3 Å². The highest BCUT2D eigenvalue weighted by atomic mass is 16.4. The summed E-state index contributed by atoms with van der Waals surface area (Å²) in [4.78, 5) is 27.7. The Balaban J connectivity index is 2.82. The van der Waals surface area contributed by atoms with Crippen molar-refractivity contribution >= 4 is 11.9 Å². The maximum absolute atomic E-state index is 12.0. The number of aryl methyl sites for hydroxylation is 1. The molecule has 16 heavy (non-hydrogen) atoms. The van der Waals surface area contributed by atoms with Crippen LogP contribution >= 0.6 is 0 Å². The highest BCUT2D eigenvalue weighted by molar-refractivity contribution is 5.94. The van der Waals surface area contributed by atoms with Crippen molar-refractivity contribution in [3.05, 3.63) is 18.2 Å². The molecule has 0 saturated carbocycles. The maximum Gasteiger partial charge on any atom is 0.323 e. The predicted octanol–water partition coefficient (Wildman–Crippen LogP) is 0.357. The van der Waals surface area contributed by atoms with Crippen LogP contribution in [0.15, 0.2) is 12.5 Å². The Morgan fingerprint density at radius 2 is 2.25 bits per heavy atom. The highest BCUT2D eigenvalue weighted by Gasteiger charge is 2.19. The topological polar surface area (TPSA) is 75.4 Å². The number of amides is 1. The lowest BCUT2D eigenvalue weighted by Crippen LogP contribution is -2.37. The van der Waals surface area contributed by atoms with Gasteiger partial charge in [0.05, 0.1) is 12.5 Å². The van der Waals surface area contributed by atoms with E-state index in [2.05, 4.69) is 4.98 Å². The number of carboxylic acids is 1. The lowest BCUT2D eigenvalue weighted by Gasteiger charge is -2.19. The molecule has 1 amide bonds. The fourth-order valence-electron chi connectivity index (χ4n) is 1.41. The number of aliphatic carboxylic acids is 1. The van der Waals surface area contributed by atoms with E-state index in [0.29, 0.717) is 12.2 Å². The van der Waals surface area contributed by atoms with Gasteiger partial charge in [-0.15, -0.1) is 0 Å². The Morgan fingerprint density at radius 3 is 2.69 bits per heavy atom. The third-order valence-corrected chi connectivity index (χ3v) is 2.14. The van der Waals surface area contributed by atoms with Crippen LogP contribution in [0.2, 0.25) is 0 Å². The van der Waals surface area contributed by atoms with Gasteiger partial charge in [-0.05, 0) is 6.42 Å². The fourth-order valence-corrected chi connectivity index (χ4v) is 1.41. The van der Waals surface area contributed by atoms with Crippen LogP contribution in [0.25, 0.3) is 0 Å². The Labute approximate surface area is 93.5 Å². The van der Waals surface area contributed by atoms with Crippen molar-refractivity contribution in [3.63, 3.8) is 0 Å². The molecule has 6 nitrogen and oxygen atoms in total. The molecule has 0 atom stereocenters. The second-order valence-corrected chi connectivity index (χ2v) is 3.51. The smallest absolute Gasteiger partial charge is 0.323 e. The van der Waals surface area contributed by atoms with Crippen molar-refractivity contribution < 1.29 is 14.7 Å². The summed E-state index contributed by atoms with van der Waals surface area (Å²) >= 11 is 0. The van der Waals surface area contributed by atoms with E-state index >= 15 is 0 Å². The van der Waals surface area contributed by atoms with Crippen LogP contribution in [0.3, 0.4) is 0 Å². The number of carboxylic acid groups (broad SMARTS) is 1. The van der Waals surface area contributed by atoms with Crippen LogP contribution in [0.1, 0.15) is 23.8 Å². The number of aromatic nitrogens is 2. The SMILES string of the molecule is CCCN(CC(=O)O)C(=O)c1cncn1C. The molecule has 0 aliphatic heterocycles. The average molecular weight is 225 g/mol. The molecule has 1 aromatic rings. The zero-order chi connectivity index (χ0) is 12.1. The molecule has 0 aliphatic rings. The number of carbonyl (C=O) groups excluding carboxylic acids is 1. The average Bonchev–Trinajstić information content (AvgIpc) is 2.62. The highest BCUT2D eigenvalue weighted by Crippen LogP contribution is 2.04. The van der Waals surface area contributed by atoms with Gasteiger partial charge in [-0.2, -0.15) is 0 Å². The molecule has 0 aliphatic carbocycles. The van der Waals surface area contributed by atoms with Gasteiger partial charge in [-0.25, -0.2) is 4.98 Å². The minimum absolute atomic E-state index is 0.280. The summed E-state index contributed by atoms with van der Waals surface area (Å²) in [5.41, 5.74) is 0.398. The van der Waals surface area contributed by atoms with Gasteiger partial charge in [-0.3, -0.25) is 9.59 Å². The standard InChI is InChI=1S/C10H15N3O3/c1-3-4-13(6-9(14)15)10(16)8-5-11-7-12(8)2/h5,7H,3-4,6H2,1-2H3,(H,14,15). The first-order chi connectivity index (χ1) is 7.56. The summed E-state index contributed by atoms with van der Waals surface area (Å²) in [7, 11) is 1.70. The summed E-state index contributed by atoms with van der Waals surface area (Å²) in [6, 6.07) is 0. The Morgan fingerprint density at radius 1 is 1.56 bits per heavy atom. The van der Waals surface area contributed by atoms with Gasteiger partial charge in [0, 0.05) is 13.6 Å². The van der Waals surface area contributed by atoms with Crippen LogP contribution in [-0.4, -0.2) is 44.5 Å². The van der Waals surface area contributed by atoms with E-state index in [1.54, 1.807) is 11.6 Å². The molecule has 1 N–H and O–H groups in total. The molecule has 0 bridgehead atoms. The quantitative estimate of drug-likeness (QED) is 0.784. The summed E-state index contributed by atoms with van der Waals surface area (Å²) in [6.07, 6.45) is 3.67. The van der Waals surface area contributed by atoms with E-state index in [9.17, 15) is 9.59 Å². The number of hydrogen-bond donors (Lipinski definition) is 1. The molecule has 1 heterocycles. The monoisotopic (exact) mass is 225 g/mol. The zero-order valence-electron chi connectivity index (χ0n) is 9.38. The normalized spacial score (nSPS) is 10.1. The Bertz CT molecular complexity index is 386. The molecular weight excluding hydrogens is 210 g/mol. The van der Waals surface area contributed by atoms with Crippen LogP contribution in [0.4, 0.5) is 0 Å². The number of carbonyl (C=O) groups is 2. The largest absolute Gasteiger partial charge is 0.480 e. The lowest BCUT2D eigenvalue weighted by atomic mass is 10.3. The van der Waals surface area contributed by atoms with Gasteiger partial charge < -0.3 is 14.6 Å². The van der Waals surface area contributed by atoms with Crippen molar-refractivity contribution in [3.8, 4) is 0 Å². The molecule has 0 fully saturated rings. The molecule has 0 saturated heterocycles. The second-order valence-electron chi connectivity index (χ2n) is 3.51. The number of nitrogens with zero attached hydrogens (tertiary/aromatic N) is 3. The fraction of sp³-hybridized carbons (Fsp3) is 0.500. The lowest BCUT2D eigenvalue weighted by molar-refractivity contribution is -0.137. The number of hydrogen-bond acceptors (Lipinski definition) is 3. The summed E-state index contributed by atoms with van der Waals surface area (Å²) in [6.45, 7) is 2.04. The van der Waals surface area contributed by atoms with Crippen LogP contribution in [0.5, 0.6) is 0 Å². The van der Waals surface area contributed by atoms with E-state index in [1.807, 2.05) is 6.92 Å². The second kappa shape index (κ2) is 5.29. The molecule has 6 heteroatoms. The maximum atomic E-state index is 12.0. The van der Waals surface area contributed by atoms with Gasteiger partial charge in [-0.1, -0.05) is 6.92 Å². The Kier molecular flexibility index (Phi) is 4.04. The first-order valence-electron chi connectivity index (χ1n) is 5.03. The summed E-state index contributed by atoms with van der Waals surface area (Å²) in [5.74, 6) is -1.31. The summed E-state index contributed by atoms with van der Waals surface area (Å²) < 4.78 is 1.58. The van der Waals surface area contributed by atoms with Gasteiger partial charge >= 0.3 is 5.97 Å². The van der Waals surface area contributed by atoms with Crippen LogP contribution in [0, 0.1) is 0 Å². The van der Waals surface area contributed by atoms with E-state index in [4.69, 9.17) is 5.11 Å². The van der Waals surface area contributed by atoms with E-state index < -0.39 is 5.97 Å². The molecule has 0 unspecified atom stereocenters. The minimum Gasteiger partial charge on any atom is -0.480 e. The van der Waals surface area contributed by atoms with E-state index in [-0.39, 0.29) is 12.5 Å². The van der Waals surface area contributed by atoms with Gasteiger partial charge in [0.2, 0.25) is 0 Å². The minimum atomic E-state index is -1.01. The predicted molar refractivity (Wildman–Crippen MR) is 57.0 cm³/mol. The van der Waals surface area contributed by atoms with Gasteiger partial charge in [0.1, 0.15) is 12.2 Å². The van der Waals surface area contributed by atoms with E-state index in [0.717, 1.165) is 6.42 Å². The molecule has 88 valence electrons. The van der Waals surface area contributed by atoms with Crippen molar-refractivity contribution in [2.75, 3.05) is 13.1 Å². The number of rotatable bonds is 5. The first kappa shape index (κ1) is 12.2. The molecule has 1 rings (SSSR count). The summed E-state index contributed by atoms with van der Waals surface area (Å²) in [5, 5.41) is 8.71. The first-order valence-corrected chi connectivity index (χ1v) is 5.03. The van der Waals surface area contributed by atoms with Crippen LogP contribution in [-0.2, 0) is 11.8 Å². The molecule has 1 aromatic heterocycles. The van der Waals surface area contributed by atoms with Crippen LogP contribution < -0.4 is 0 Å². The van der Waals surface area contributed by atoms with Crippen molar-refractivity contribution in [2.24, 2.45) is 7.05 Å². The van der Waals surface area contributed by atoms with Gasteiger partial charge in [0.15, 0.2) is 0 Å². The third-order valence-electron chi connectivity index (χ3n) is 2.14. The molecule has 0 radical (unpaired) electrons. The Hall–Kier alpha value is -1.85. The molecule has 0 spiro atoms. The van der Waals surface area contributed by atoms with Gasteiger partial charge in [0.25, 0.3) is 5.91 Å².